The predicted molar refractivity (Wildman–Crippen MR) is 106 cm³/mol. The van der Waals surface area contributed by atoms with E-state index >= 15 is 0 Å². The van der Waals surface area contributed by atoms with Gasteiger partial charge in [-0.2, -0.15) is 0 Å². The molecule has 0 aliphatic carbocycles. The molecule has 0 atom stereocenters. The summed E-state index contributed by atoms with van der Waals surface area (Å²) in [6, 6.07) is 7.34. The summed E-state index contributed by atoms with van der Waals surface area (Å²) in [6.45, 7) is 1.46. The maximum Gasteiger partial charge on any atom is 0.352 e. The molecule has 1 aromatic rings. The average molecular weight is 374 g/mol. The molecule has 0 fully saturated rings. The fraction of sp³-hybridized carbons (Fsp3) is 0.524. The molecule has 0 heterocycles. The lowest BCUT2D eigenvalue weighted by Crippen LogP contribution is -2.20. The minimum absolute atomic E-state index is 0.0423. The van der Waals surface area contributed by atoms with E-state index in [4.69, 9.17) is 0 Å². The van der Waals surface area contributed by atoms with Crippen LogP contribution in [-0.2, 0) is 20.7 Å². The molecule has 0 radical (unpaired) electrons. The number of nitrogens with zero attached hydrogens (tertiary/aromatic N) is 2. The molecule has 148 valence electrons. The molecule has 0 saturated carbocycles. The van der Waals surface area contributed by atoms with Crippen molar-refractivity contribution in [3.05, 3.63) is 35.4 Å². The van der Waals surface area contributed by atoms with Gasteiger partial charge in [0.15, 0.2) is 0 Å². The van der Waals surface area contributed by atoms with Gasteiger partial charge < -0.3 is 9.64 Å². The molecule has 0 aliphatic heterocycles. The molecule has 0 spiro atoms. The third-order valence-corrected chi connectivity index (χ3v) is 4.28. The van der Waals surface area contributed by atoms with Gasteiger partial charge in [0.05, 0.1) is 7.11 Å². The number of carbonyl (C=O) groups is 3. The first-order valence-electron chi connectivity index (χ1n) is 9.32. The number of benzene rings is 1. The van der Waals surface area contributed by atoms with Crippen molar-refractivity contribution in [1.29, 1.82) is 0 Å². The first-order chi connectivity index (χ1) is 12.8. The topological polar surface area (TPSA) is 76.0 Å². The minimum Gasteiger partial charge on any atom is -0.465 e. The van der Waals surface area contributed by atoms with Crippen molar-refractivity contribution in [2.45, 2.75) is 51.9 Å². The normalized spacial score (nSPS) is 11.2. The number of aryl methyl sites for hydroxylation is 1. The monoisotopic (exact) mass is 374 g/mol. The van der Waals surface area contributed by atoms with E-state index in [1.807, 2.05) is 18.2 Å². The van der Waals surface area contributed by atoms with Crippen LogP contribution in [0.5, 0.6) is 0 Å². The molecule has 0 N–H and O–H groups in total. The van der Waals surface area contributed by atoms with Crippen LogP contribution in [0.2, 0.25) is 0 Å². The van der Waals surface area contributed by atoms with Crippen LogP contribution >= 0.6 is 0 Å². The van der Waals surface area contributed by atoms with Crippen molar-refractivity contribution < 1.29 is 19.1 Å². The van der Waals surface area contributed by atoms with Crippen molar-refractivity contribution >= 4 is 23.5 Å². The van der Waals surface area contributed by atoms with Crippen LogP contribution in [-0.4, -0.2) is 49.6 Å². The van der Waals surface area contributed by atoms with E-state index in [-0.39, 0.29) is 11.6 Å². The minimum atomic E-state index is -0.605. The first-order valence-corrected chi connectivity index (χ1v) is 9.32. The van der Waals surface area contributed by atoms with Crippen LogP contribution in [0.3, 0.4) is 0 Å². The number of aliphatic imine (C=N–C) groups is 1. The van der Waals surface area contributed by atoms with Gasteiger partial charge in [0.25, 0.3) is 5.91 Å². The number of esters is 1. The maximum absolute atomic E-state index is 12.2. The molecule has 27 heavy (non-hydrogen) atoms. The van der Waals surface area contributed by atoms with Crippen molar-refractivity contribution in [2.75, 3.05) is 21.2 Å². The second-order valence-corrected chi connectivity index (χ2v) is 6.75. The molecule has 6 heteroatoms. The van der Waals surface area contributed by atoms with Crippen LogP contribution in [0.25, 0.3) is 0 Å². The summed E-state index contributed by atoms with van der Waals surface area (Å²) >= 11 is 0. The van der Waals surface area contributed by atoms with Gasteiger partial charge in [-0.1, -0.05) is 31.4 Å². The van der Waals surface area contributed by atoms with E-state index in [0.717, 1.165) is 44.1 Å². The summed E-state index contributed by atoms with van der Waals surface area (Å²) < 4.78 is 4.55. The zero-order chi connectivity index (χ0) is 20.2. The largest absolute Gasteiger partial charge is 0.465 e. The lowest BCUT2D eigenvalue weighted by molar-refractivity contribution is -0.132. The number of amides is 2. The quantitative estimate of drug-likeness (QED) is 0.357. The molecular weight excluding hydrogens is 344 g/mol. The van der Waals surface area contributed by atoms with Gasteiger partial charge >= 0.3 is 5.97 Å². The Balaban J connectivity index is 2.39. The Morgan fingerprint density at radius 1 is 1.04 bits per heavy atom. The highest BCUT2D eigenvalue weighted by molar-refractivity contribution is 6.37. The zero-order valence-electron chi connectivity index (χ0n) is 16.8. The molecule has 0 saturated heterocycles. The standard InChI is InChI=1S/C21H30N2O4/c1-16(21(26)27-4)22-20(25)18-13-10-12-17(15-18)11-8-6-5-7-9-14-19(24)23(2)3/h10,12-13,15H,5-9,11,14H2,1-4H3. The lowest BCUT2D eigenvalue weighted by Gasteiger charge is -2.09. The van der Waals surface area contributed by atoms with Crippen LogP contribution < -0.4 is 0 Å². The summed E-state index contributed by atoms with van der Waals surface area (Å²) in [5.41, 5.74) is 1.59. The number of methoxy groups -OCH3 is 1. The number of rotatable bonds is 10. The Labute approximate surface area is 161 Å². The highest BCUT2D eigenvalue weighted by Crippen LogP contribution is 2.13. The second-order valence-electron chi connectivity index (χ2n) is 6.75. The number of hydrogen-bond donors (Lipinski definition) is 0. The van der Waals surface area contributed by atoms with Crippen LogP contribution in [0.1, 0.15) is 61.4 Å². The first kappa shape index (κ1) is 22.5. The summed E-state index contributed by atoms with van der Waals surface area (Å²) in [5.74, 6) is -0.862. The third kappa shape index (κ3) is 8.62. The number of hydrogen-bond acceptors (Lipinski definition) is 4. The molecular formula is C21H30N2O4. The van der Waals surface area contributed by atoms with Gasteiger partial charge in [-0.3, -0.25) is 9.59 Å². The summed E-state index contributed by atoms with van der Waals surface area (Å²) in [6.07, 6.45) is 6.71. The maximum atomic E-state index is 12.2. The smallest absolute Gasteiger partial charge is 0.352 e. The second kappa shape index (κ2) is 12.0. The molecule has 1 aromatic carbocycles. The van der Waals surface area contributed by atoms with Gasteiger partial charge in [0, 0.05) is 26.1 Å². The van der Waals surface area contributed by atoms with Crippen LogP contribution in [0, 0.1) is 0 Å². The Morgan fingerprint density at radius 2 is 1.70 bits per heavy atom. The van der Waals surface area contributed by atoms with Gasteiger partial charge in [0.1, 0.15) is 5.71 Å². The Hall–Kier alpha value is -2.50. The molecule has 1 rings (SSSR count). The number of carbonyl (C=O) groups excluding carboxylic acids is 3. The van der Waals surface area contributed by atoms with Gasteiger partial charge in [-0.25, -0.2) is 9.79 Å². The Morgan fingerprint density at radius 3 is 2.37 bits per heavy atom. The molecule has 0 unspecified atom stereocenters. The summed E-state index contributed by atoms with van der Waals surface area (Å²) in [5, 5.41) is 0. The van der Waals surface area contributed by atoms with Crippen molar-refractivity contribution in [3.8, 4) is 0 Å². The van der Waals surface area contributed by atoms with Crippen LogP contribution in [0.4, 0.5) is 0 Å². The highest BCUT2D eigenvalue weighted by Gasteiger charge is 2.10. The van der Waals surface area contributed by atoms with E-state index in [0.29, 0.717) is 12.0 Å². The van der Waals surface area contributed by atoms with Gasteiger partial charge in [-0.15, -0.1) is 0 Å². The lowest BCUT2D eigenvalue weighted by atomic mass is 10.0. The van der Waals surface area contributed by atoms with E-state index in [1.54, 1.807) is 25.1 Å². The molecule has 6 nitrogen and oxygen atoms in total. The molecule has 0 aromatic heterocycles. The zero-order valence-corrected chi connectivity index (χ0v) is 16.8. The Kier molecular flexibility index (Phi) is 10.0. The van der Waals surface area contributed by atoms with Gasteiger partial charge in [-0.05, 0) is 43.9 Å². The average Bonchev–Trinajstić information content (AvgIpc) is 2.66. The van der Waals surface area contributed by atoms with Gasteiger partial charge in [0.2, 0.25) is 5.91 Å². The molecule has 0 bridgehead atoms. The summed E-state index contributed by atoms with van der Waals surface area (Å²) in [4.78, 5) is 40.4. The van der Waals surface area contributed by atoms with E-state index in [9.17, 15) is 14.4 Å². The fourth-order valence-electron chi connectivity index (χ4n) is 2.63. The molecule has 2 amide bonds. The highest BCUT2D eigenvalue weighted by atomic mass is 16.5. The van der Waals surface area contributed by atoms with Crippen molar-refractivity contribution in [3.63, 3.8) is 0 Å². The van der Waals surface area contributed by atoms with E-state index in [2.05, 4.69) is 9.73 Å². The number of unbranched alkanes of at least 4 members (excludes halogenated alkanes) is 4. The van der Waals surface area contributed by atoms with E-state index in [1.165, 1.54) is 14.0 Å². The van der Waals surface area contributed by atoms with E-state index < -0.39 is 11.9 Å². The summed E-state index contributed by atoms with van der Waals surface area (Å²) in [7, 11) is 4.82. The third-order valence-electron chi connectivity index (χ3n) is 4.28. The SMILES string of the molecule is COC(=O)C(C)=NC(=O)c1cccc(CCCCCCCC(=O)N(C)C)c1. The predicted octanol–water partition coefficient (Wildman–Crippen LogP) is 3.43. The van der Waals surface area contributed by atoms with Crippen molar-refractivity contribution in [2.24, 2.45) is 4.99 Å². The number of ether oxygens (including phenoxy) is 1. The Bertz CT molecular complexity index is 681. The van der Waals surface area contributed by atoms with Crippen molar-refractivity contribution in [1.82, 2.24) is 4.90 Å². The fourth-order valence-corrected chi connectivity index (χ4v) is 2.63. The van der Waals surface area contributed by atoms with Crippen LogP contribution in [0.15, 0.2) is 29.3 Å². The molecule has 0 aliphatic rings.